The SMILES string of the molecule is Cc1cc(N2CCN(Cc3ccccc3CO)CC2)c2nncn2n1. The Kier molecular flexibility index (Phi) is 4.33. The van der Waals surface area contributed by atoms with E-state index >= 15 is 0 Å². The smallest absolute Gasteiger partial charge is 0.200 e. The number of rotatable bonds is 4. The molecule has 1 saturated heterocycles. The standard InChI is InChI=1S/C18H22N6O/c1-14-10-17(18-20-19-13-24(18)21-14)23-8-6-22(7-9-23)11-15-4-2-3-5-16(15)12-25/h2-5,10,13,25H,6-9,11-12H2,1H3. The summed E-state index contributed by atoms with van der Waals surface area (Å²) in [4.78, 5) is 4.78. The molecule has 1 N–H and O–H groups in total. The highest BCUT2D eigenvalue weighted by molar-refractivity contribution is 5.68. The third-order valence-corrected chi connectivity index (χ3v) is 4.77. The lowest BCUT2D eigenvalue weighted by Crippen LogP contribution is -2.46. The summed E-state index contributed by atoms with van der Waals surface area (Å²) in [6, 6.07) is 10.2. The van der Waals surface area contributed by atoms with Crippen LogP contribution in [-0.4, -0.2) is 56.0 Å². The lowest BCUT2D eigenvalue weighted by atomic mass is 10.1. The Balaban J connectivity index is 1.47. The normalized spacial score (nSPS) is 15.8. The summed E-state index contributed by atoms with van der Waals surface area (Å²) in [5.41, 5.74) is 5.09. The molecule has 0 spiro atoms. The van der Waals surface area contributed by atoms with E-state index in [0.29, 0.717) is 0 Å². The van der Waals surface area contributed by atoms with Crippen LogP contribution in [0.25, 0.3) is 5.65 Å². The van der Waals surface area contributed by atoms with Crippen LogP contribution in [0.3, 0.4) is 0 Å². The van der Waals surface area contributed by atoms with E-state index in [1.165, 1.54) is 5.56 Å². The molecule has 1 aromatic carbocycles. The largest absolute Gasteiger partial charge is 0.392 e. The van der Waals surface area contributed by atoms with Gasteiger partial charge in [0.1, 0.15) is 6.33 Å². The molecular weight excluding hydrogens is 316 g/mol. The fourth-order valence-corrected chi connectivity index (χ4v) is 3.42. The van der Waals surface area contributed by atoms with Gasteiger partial charge in [0.2, 0.25) is 5.65 Å². The van der Waals surface area contributed by atoms with Crippen LogP contribution < -0.4 is 4.90 Å². The molecule has 25 heavy (non-hydrogen) atoms. The molecule has 0 aliphatic carbocycles. The van der Waals surface area contributed by atoms with Crippen molar-refractivity contribution >= 4 is 11.3 Å². The second-order valence-corrected chi connectivity index (χ2v) is 6.46. The summed E-state index contributed by atoms with van der Waals surface area (Å²) in [5, 5.41) is 22.1. The molecule has 0 bridgehead atoms. The molecule has 1 aliphatic rings. The molecular formula is C18H22N6O. The molecule has 130 valence electrons. The van der Waals surface area contributed by atoms with Crippen molar-refractivity contribution < 1.29 is 5.11 Å². The Bertz CT molecular complexity index is 869. The summed E-state index contributed by atoms with van der Waals surface area (Å²) in [6.45, 7) is 6.78. The van der Waals surface area contributed by atoms with Crippen LogP contribution in [0.4, 0.5) is 5.69 Å². The number of hydrogen-bond donors (Lipinski definition) is 1. The predicted octanol–water partition coefficient (Wildman–Crippen LogP) is 1.25. The average Bonchev–Trinajstić information content (AvgIpc) is 3.10. The zero-order chi connectivity index (χ0) is 17.2. The summed E-state index contributed by atoms with van der Waals surface area (Å²) in [7, 11) is 0. The van der Waals surface area contributed by atoms with Gasteiger partial charge in [0.15, 0.2) is 0 Å². The maximum Gasteiger partial charge on any atom is 0.200 e. The molecule has 2 aromatic heterocycles. The number of benzene rings is 1. The second-order valence-electron chi connectivity index (χ2n) is 6.46. The minimum Gasteiger partial charge on any atom is -0.392 e. The Labute approximate surface area is 146 Å². The van der Waals surface area contributed by atoms with Gasteiger partial charge in [-0.25, -0.2) is 0 Å². The van der Waals surface area contributed by atoms with Gasteiger partial charge in [-0.2, -0.15) is 9.61 Å². The third-order valence-electron chi connectivity index (χ3n) is 4.77. The van der Waals surface area contributed by atoms with Crippen molar-refractivity contribution in [2.45, 2.75) is 20.1 Å². The Morgan fingerprint density at radius 1 is 1.08 bits per heavy atom. The summed E-state index contributed by atoms with van der Waals surface area (Å²) >= 11 is 0. The zero-order valence-electron chi connectivity index (χ0n) is 14.3. The highest BCUT2D eigenvalue weighted by Crippen LogP contribution is 2.22. The van der Waals surface area contributed by atoms with Crippen molar-refractivity contribution in [2.24, 2.45) is 0 Å². The van der Waals surface area contributed by atoms with Gasteiger partial charge in [0.25, 0.3) is 0 Å². The number of aryl methyl sites for hydroxylation is 1. The van der Waals surface area contributed by atoms with E-state index in [1.807, 2.05) is 25.1 Å². The van der Waals surface area contributed by atoms with E-state index in [4.69, 9.17) is 0 Å². The Hall–Kier alpha value is -2.51. The molecule has 0 atom stereocenters. The van der Waals surface area contributed by atoms with Gasteiger partial charge < -0.3 is 10.0 Å². The topological polar surface area (TPSA) is 69.8 Å². The third kappa shape index (κ3) is 3.20. The second kappa shape index (κ2) is 6.78. The number of aromatic nitrogens is 4. The Morgan fingerprint density at radius 3 is 2.60 bits per heavy atom. The number of hydrogen-bond acceptors (Lipinski definition) is 6. The van der Waals surface area contributed by atoms with Crippen LogP contribution in [-0.2, 0) is 13.2 Å². The number of piperazine rings is 1. The van der Waals surface area contributed by atoms with E-state index in [0.717, 1.165) is 55.3 Å². The van der Waals surface area contributed by atoms with Gasteiger partial charge in [0.05, 0.1) is 18.0 Å². The minimum atomic E-state index is 0.0945. The van der Waals surface area contributed by atoms with Crippen molar-refractivity contribution in [2.75, 3.05) is 31.1 Å². The highest BCUT2D eigenvalue weighted by Gasteiger charge is 2.21. The fraction of sp³-hybridized carbons (Fsp3) is 0.389. The molecule has 7 nitrogen and oxygen atoms in total. The van der Waals surface area contributed by atoms with Gasteiger partial charge in [-0.15, -0.1) is 10.2 Å². The molecule has 0 radical (unpaired) electrons. The maximum absolute atomic E-state index is 9.50. The molecule has 3 aromatic rings. The lowest BCUT2D eigenvalue weighted by molar-refractivity contribution is 0.243. The molecule has 0 amide bonds. The van der Waals surface area contributed by atoms with Crippen LogP contribution in [0.15, 0.2) is 36.7 Å². The first-order valence-electron chi connectivity index (χ1n) is 8.57. The first-order chi connectivity index (χ1) is 12.2. The first-order valence-corrected chi connectivity index (χ1v) is 8.57. The molecule has 0 saturated carbocycles. The van der Waals surface area contributed by atoms with Crippen molar-refractivity contribution in [1.82, 2.24) is 24.7 Å². The summed E-state index contributed by atoms with van der Waals surface area (Å²) in [5.74, 6) is 0. The van der Waals surface area contributed by atoms with E-state index in [2.05, 4.69) is 37.2 Å². The van der Waals surface area contributed by atoms with E-state index in [9.17, 15) is 5.11 Å². The van der Waals surface area contributed by atoms with Crippen molar-refractivity contribution in [3.05, 3.63) is 53.5 Å². The average molecular weight is 338 g/mol. The monoisotopic (exact) mass is 338 g/mol. The number of anilines is 1. The first kappa shape index (κ1) is 16.0. The zero-order valence-corrected chi connectivity index (χ0v) is 14.3. The van der Waals surface area contributed by atoms with Crippen LogP contribution in [0.5, 0.6) is 0 Å². The molecule has 1 aliphatic heterocycles. The molecule has 4 rings (SSSR count). The lowest BCUT2D eigenvalue weighted by Gasteiger charge is -2.36. The molecule has 1 fully saturated rings. The predicted molar refractivity (Wildman–Crippen MR) is 95.4 cm³/mol. The number of aliphatic hydroxyl groups is 1. The number of fused-ring (bicyclic) bond motifs is 1. The number of nitrogens with zero attached hydrogens (tertiary/aromatic N) is 6. The van der Waals surface area contributed by atoms with Crippen LogP contribution in [0.1, 0.15) is 16.8 Å². The van der Waals surface area contributed by atoms with E-state index in [-0.39, 0.29) is 6.61 Å². The summed E-state index contributed by atoms with van der Waals surface area (Å²) < 4.78 is 1.74. The minimum absolute atomic E-state index is 0.0945. The number of aliphatic hydroxyl groups excluding tert-OH is 1. The van der Waals surface area contributed by atoms with Gasteiger partial charge in [-0.1, -0.05) is 24.3 Å². The van der Waals surface area contributed by atoms with Crippen molar-refractivity contribution in [3.63, 3.8) is 0 Å². The van der Waals surface area contributed by atoms with Gasteiger partial charge in [0, 0.05) is 32.7 Å². The van der Waals surface area contributed by atoms with Gasteiger partial charge >= 0.3 is 0 Å². The molecule has 0 unspecified atom stereocenters. The highest BCUT2D eigenvalue weighted by atomic mass is 16.3. The van der Waals surface area contributed by atoms with Gasteiger partial charge in [-0.05, 0) is 24.1 Å². The van der Waals surface area contributed by atoms with Crippen LogP contribution in [0.2, 0.25) is 0 Å². The Morgan fingerprint density at radius 2 is 1.84 bits per heavy atom. The summed E-state index contributed by atoms with van der Waals surface area (Å²) in [6.07, 6.45) is 1.65. The fourth-order valence-electron chi connectivity index (χ4n) is 3.42. The van der Waals surface area contributed by atoms with Crippen molar-refractivity contribution in [1.29, 1.82) is 0 Å². The maximum atomic E-state index is 9.50. The van der Waals surface area contributed by atoms with Crippen LogP contribution in [0, 0.1) is 6.92 Å². The molecule has 7 heteroatoms. The van der Waals surface area contributed by atoms with Gasteiger partial charge in [-0.3, -0.25) is 4.90 Å². The van der Waals surface area contributed by atoms with E-state index in [1.54, 1.807) is 10.8 Å². The quantitative estimate of drug-likeness (QED) is 0.772. The van der Waals surface area contributed by atoms with E-state index < -0.39 is 0 Å². The van der Waals surface area contributed by atoms with Crippen LogP contribution >= 0.6 is 0 Å². The van der Waals surface area contributed by atoms with Crippen molar-refractivity contribution in [3.8, 4) is 0 Å². The molecule has 3 heterocycles.